The largest absolute Gasteiger partial charge is 0.480 e. The maximum atomic E-state index is 11.6. The van der Waals surface area contributed by atoms with Gasteiger partial charge in [-0.3, -0.25) is 14.2 Å². The summed E-state index contributed by atoms with van der Waals surface area (Å²) in [6.45, 7) is 0.992. The molecule has 2 rings (SSSR count). The second-order valence-corrected chi connectivity index (χ2v) is 4.32. The lowest BCUT2D eigenvalue weighted by atomic mass is 10.4. The molecule has 0 spiro atoms. The molecule has 0 aliphatic rings. The van der Waals surface area contributed by atoms with Gasteiger partial charge in [-0.05, 0) is 12.5 Å². The minimum Gasteiger partial charge on any atom is -0.480 e. The molecule has 0 saturated heterocycles. The molecule has 2 aromatic heterocycles. The first kappa shape index (κ1) is 14.6. The smallest absolute Gasteiger partial charge is 0.325 e. The SMILES string of the molecule is O=C(O)Cn1cc(NC(=O)NCCCn2cccn2)cn1. The Morgan fingerprint density at radius 2 is 2.14 bits per heavy atom. The van der Waals surface area contributed by atoms with Gasteiger partial charge in [-0.25, -0.2) is 4.79 Å². The average molecular weight is 292 g/mol. The predicted octanol–water partition coefficient (Wildman–Crippen LogP) is 0.376. The monoisotopic (exact) mass is 292 g/mol. The Bertz CT molecular complexity index is 592. The van der Waals surface area contributed by atoms with E-state index < -0.39 is 5.97 Å². The summed E-state index contributed by atoms with van der Waals surface area (Å²) in [6.07, 6.45) is 7.17. The first-order chi connectivity index (χ1) is 10.1. The molecule has 0 saturated carbocycles. The van der Waals surface area contributed by atoms with Crippen LogP contribution in [0.4, 0.5) is 10.5 Å². The summed E-state index contributed by atoms with van der Waals surface area (Å²) >= 11 is 0. The fraction of sp³-hybridized carbons (Fsp3) is 0.333. The van der Waals surface area contributed by atoms with Crippen molar-refractivity contribution < 1.29 is 14.7 Å². The van der Waals surface area contributed by atoms with E-state index in [0.29, 0.717) is 12.2 Å². The maximum absolute atomic E-state index is 11.6. The first-order valence-corrected chi connectivity index (χ1v) is 6.40. The molecule has 0 aliphatic heterocycles. The third-order valence-electron chi connectivity index (χ3n) is 2.60. The number of nitrogens with zero attached hydrogens (tertiary/aromatic N) is 4. The van der Waals surface area contributed by atoms with Gasteiger partial charge in [-0.1, -0.05) is 0 Å². The van der Waals surface area contributed by atoms with Crippen LogP contribution in [0, 0.1) is 0 Å². The number of aliphatic carboxylic acids is 1. The highest BCUT2D eigenvalue weighted by atomic mass is 16.4. The van der Waals surface area contributed by atoms with Gasteiger partial charge in [0.05, 0.1) is 11.9 Å². The summed E-state index contributed by atoms with van der Waals surface area (Å²) in [5, 5.41) is 21.8. The van der Waals surface area contributed by atoms with Crippen LogP contribution in [0.2, 0.25) is 0 Å². The van der Waals surface area contributed by atoms with Gasteiger partial charge in [0, 0.05) is 31.7 Å². The molecule has 0 unspecified atom stereocenters. The van der Waals surface area contributed by atoms with Crippen molar-refractivity contribution in [3.05, 3.63) is 30.9 Å². The predicted molar refractivity (Wildman–Crippen MR) is 73.7 cm³/mol. The Labute approximate surface area is 120 Å². The highest BCUT2D eigenvalue weighted by molar-refractivity contribution is 5.88. The number of hydrogen-bond donors (Lipinski definition) is 3. The molecule has 21 heavy (non-hydrogen) atoms. The zero-order valence-electron chi connectivity index (χ0n) is 11.3. The van der Waals surface area contributed by atoms with Crippen LogP contribution in [-0.2, 0) is 17.9 Å². The fourth-order valence-corrected chi connectivity index (χ4v) is 1.70. The zero-order chi connectivity index (χ0) is 15.1. The summed E-state index contributed by atoms with van der Waals surface area (Å²) < 4.78 is 3.02. The van der Waals surface area contributed by atoms with Crippen LogP contribution < -0.4 is 10.6 Å². The Hall–Kier alpha value is -2.84. The summed E-state index contributed by atoms with van der Waals surface area (Å²) in [6, 6.07) is 1.49. The summed E-state index contributed by atoms with van der Waals surface area (Å²) in [4.78, 5) is 22.1. The number of aromatic nitrogens is 4. The number of nitrogens with one attached hydrogen (secondary N) is 2. The molecule has 0 fully saturated rings. The van der Waals surface area contributed by atoms with Gasteiger partial charge in [0.1, 0.15) is 6.54 Å². The van der Waals surface area contributed by atoms with E-state index in [-0.39, 0.29) is 12.6 Å². The van der Waals surface area contributed by atoms with Crippen LogP contribution in [0.15, 0.2) is 30.9 Å². The second-order valence-electron chi connectivity index (χ2n) is 4.32. The third kappa shape index (κ3) is 4.97. The van der Waals surface area contributed by atoms with Crippen LogP contribution in [0.3, 0.4) is 0 Å². The number of carbonyl (C=O) groups excluding carboxylic acids is 1. The van der Waals surface area contributed by atoms with Gasteiger partial charge in [0.2, 0.25) is 0 Å². The Balaban J connectivity index is 1.67. The normalized spacial score (nSPS) is 10.3. The highest BCUT2D eigenvalue weighted by Gasteiger charge is 2.05. The number of urea groups is 1. The molecule has 2 amide bonds. The minimum atomic E-state index is -0.993. The standard InChI is InChI=1S/C12H16N6O3/c19-11(20)9-18-8-10(7-15-18)16-12(21)13-3-1-5-17-6-2-4-14-17/h2,4,6-8H,1,3,5,9H2,(H,19,20)(H2,13,16,21). The van der Waals surface area contributed by atoms with E-state index in [4.69, 9.17) is 5.11 Å². The summed E-state index contributed by atoms with van der Waals surface area (Å²) in [7, 11) is 0. The van der Waals surface area contributed by atoms with Gasteiger partial charge >= 0.3 is 12.0 Å². The van der Waals surface area contributed by atoms with Gasteiger partial charge in [-0.15, -0.1) is 0 Å². The number of carboxylic acids is 1. The Kier molecular flexibility index (Phi) is 4.91. The third-order valence-corrected chi connectivity index (χ3v) is 2.60. The Morgan fingerprint density at radius 3 is 2.86 bits per heavy atom. The average Bonchev–Trinajstić information content (AvgIpc) is 3.06. The van der Waals surface area contributed by atoms with Crippen molar-refractivity contribution >= 4 is 17.7 Å². The van der Waals surface area contributed by atoms with Crippen molar-refractivity contribution in [2.75, 3.05) is 11.9 Å². The molecular weight excluding hydrogens is 276 g/mol. The number of aryl methyl sites for hydroxylation is 1. The lowest BCUT2D eigenvalue weighted by Crippen LogP contribution is -2.30. The van der Waals surface area contributed by atoms with Crippen molar-refractivity contribution in [1.29, 1.82) is 0 Å². The molecule has 112 valence electrons. The van der Waals surface area contributed by atoms with Crippen LogP contribution in [-0.4, -0.2) is 43.2 Å². The van der Waals surface area contributed by atoms with E-state index >= 15 is 0 Å². The van der Waals surface area contributed by atoms with E-state index in [9.17, 15) is 9.59 Å². The number of carbonyl (C=O) groups is 2. The van der Waals surface area contributed by atoms with Crippen LogP contribution in [0.25, 0.3) is 0 Å². The minimum absolute atomic E-state index is 0.243. The van der Waals surface area contributed by atoms with E-state index in [1.807, 2.05) is 12.3 Å². The van der Waals surface area contributed by atoms with Crippen LogP contribution in [0.1, 0.15) is 6.42 Å². The molecule has 0 bridgehead atoms. The van der Waals surface area contributed by atoms with Gasteiger partial charge in [0.25, 0.3) is 0 Å². The number of hydrogen-bond acceptors (Lipinski definition) is 4. The van der Waals surface area contributed by atoms with Crippen LogP contribution in [0.5, 0.6) is 0 Å². The van der Waals surface area contributed by atoms with Crippen molar-refractivity contribution in [2.45, 2.75) is 19.5 Å². The quantitative estimate of drug-likeness (QED) is 0.638. The van der Waals surface area contributed by atoms with Crippen molar-refractivity contribution in [3.63, 3.8) is 0 Å². The van der Waals surface area contributed by atoms with E-state index in [0.717, 1.165) is 13.0 Å². The lowest BCUT2D eigenvalue weighted by molar-refractivity contribution is -0.137. The molecule has 0 radical (unpaired) electrons. The van der Waals surface area contributed by atoms with Gasteiger partial charge < -0.3 is 15.7 Å². The molecule has 0 aromatic carbocycles. The van der Waals surface area contributed by atoms with Crippen molar-refractivity contribution in [3.8, 4) is 0 Å². The van der Waals surface area contributed by atoms with Crippen LogP contribution >= 0.6 is 0 Å². The van der Waals surface area contributed by atoms with E-state index in [1.54, 1.807) is 10.9 Å². The molecular formula is C12H16N6O3. The number of amides is 2. The molecule has 2 aromatic rings. The molecule has 3 N–H and O–H groups in total. The topological polar surface area (TPSA) is 114 Å². The fourth-order valence-electron chi connectivity index (χ4n) is 1.70. The summed E-state index contributed by atoms with van der Waals surface area (Å²) in [5.41, 5.74) is 0.445. The number of anilines is 1. The number of carboxylic acid groups (broad SMARTS) is 1. The Morgan fingerprint density at radius 1 is 1.29 bits per heavy atom. The lowest BCUT2D eigenvalue weighted by Gasteiger charge is -2.06. The zero-order valence-corrected chi connectivity index (χ0v) is 11.3. The molecule has 0 atom stereocenters. The van der Waals surface area contributed by atoms with E-state index in [1.165, 1.54) is 17.1 Å². The van der Waals surface area contributed by atoms with Gasteiger partial charge in [-0.2, -0.15) is 10.2 Å². The molecule has 9 heteroatoms. The van der Waals surface area contributed by atoms with E-state index in [2.05, 4.69) is 20.8 Å². The molecule has 9 nitrogen and oxygen atoms in total. The maximum Gasteiger partial charge on any atom is 0.325 e. The van der Waals surface area contributed by atoms with Crippen molar-refractivity contribution in [1.82, 2.24) is 24.9 Å². The first-order valence-electron chi connectivity index (χ1n) is 6.40. The van der Waals surface area contributed by atoms with Crippen molar-refractivity contribution in [2.24, 2.45) is 0 Å². The highest BCUT2D eigenvalue weighted by Crippen LogP contribution is 2.04. The second kappa shape index (κ2) is 7.08. The summed E-state index contributed by atoms with van der Waals surface area (Å²) in [5.74, 6) is -0.993. The molecule has 0 aliphatic carbocycles. The number of rotatable bonds is 7. The molecule has 2 heterocycles. The van der Waals surface area contributed by atoms with Gasteiger partial charge in [0.15, 0.2) is 0 Å².